The van der Waals surface area contributed by atoms with E-state index in [9.17, 15) is 18.5 Å². The Morgan fingerprint density at radius 2 is 1.64 bits per heavy atom. The van der Waals surface area contributed by atoms with Crippen LogP contribution in [-0.2, 0) is 10.0 Å². The molecule has 1 saturated heterocycles. The van der Waals surface area contributed by atoms with Crippen LogP contribution in [-0.4, -0.2) is 49.9 Å². The van der Waals surface area contributed by atoms with Crippen LogP contribution in [0.4, 0.5) is 5.69 Å². The number of rotatable bonds is 4. The maximum atomic E-state index is 12.7. The zero-order valence-electron chi connectivity index (χ0n) is 14.6. The molecule has 2 fully saturated rings. The third-order valence-corrected chi connectivity index (χ3v) is 7.56. The second-order valence-electron chi connectivity index (χ2n) is 7.27. The number of nitrogens with zero attached hydrogens (tertiary/aromatic N) is 2. The van der Waals surface area contributed by atoms with Gasteiger partial charge in [0.2, 0.25) is 10.0 Å². The number of piperazine rings is 1. The molecular weight excluding hydrogens is 342 g/mol. The van der Waals surface area contributed by atoms with Crippen LogP contribution in [0.25, 0.3) is 0 Å². The van der Waals surface area contributed by atoms with Crippen LogP contribution in [0, 0.1) is 16.0 Å². The summed E-state index contributed by atoms with van der Waals surface area (Å²) < 4.78 is 27.0. The number of sulfonamides is 1. The minimum Gasteiger partial charge on any atom is -0.330 e. The topological polar surface area (TPSA) is 85.0 Å². The molecule has 8 heteroatoms. The molecule has 0 radical (unpaired) electrons. The van der Waals surface area contributed by atoms with E-state index in [1.54, 1.807) is 0 Å². The Bertz CT molecular complexity index is 704. The van der Waals surface area contributed by atoms with E-state index in [1.807, 2.05) is 0 Å². The van der Waals surface area contributed by atoms with E-state index < -0.39 is 14.9 Å². The van der Waals surface area contributed by atoms with Gasteiger partial charge in [0.1, 0.15) is 0 Å². The highest BCUT2D eigenvalue weighted by molar-refractivity contribution is 7.89. The fraction of sp³-hybridized carbons (Fsp3) is 0.647. The van der Waals surface area contributed by atoms with Crippen molar-refractivity contribution in [3.63, 3.8) is 0 Å². The lowest BCUT2D eigenvalue weighted by molar-refractivity contribution is -0.930. The normalized spacial score (nSPS) is 26.4. The maximum Gasteiger partial charge on any atom is 0.269 e. The molecule has 138 valence electrons. The van der Waals surface area contributed by atoms with Crippen LogP contribution in [0.15, 0.2) is 29.2 Å². The van der Waals surface area contributed by atoms with E-state index in [0.29, 0.717) is 19.1 Å². The lowest BCUT2D eigenvalue weighted by atomic mass is 9.86. The van der Waals surface area contributed by atoms with Crippen molar-refractivity contribution in [3.05, 3.63) is 34.4 Å². The molecule has 7 nitrogen and oxygen atoms in total. The van der Waals surface area contributed by atoms with Gasteiger partial charge in [-0.3, -0.25) is 10.1 Å². The Balaban J connectivity index is 1.62. The number of quaternary nitrogens is 1. The Labute approximate surface area is 148 Å². The molecule has 1 N–H and O–H groups in total. The van der Waals surface area contributed by atoms with Gasteiger partial charge in [-0.15, -0.1) is 0 Å². The maximum absolute atomic E-state index is 12.7. The summed E-state index contributed by atoms with van der Waals surface area (Å²) in [6.07, 6.45) is 5.04. The molecule has 1 aromatic rings. The largest absolute Gasteiger partial charge is 0.330 e. The second kappa shape index (κ2) is 7.39. The first-order valence-electron chi connectivity index (χ1n) is 8.97. The molecule has 0 unspecified atom stereocenters. The number of nitro benzene ring substituents is 1. The molecule has 2 aliphatic rings. The summed E-state index contributed by atoms with van der Waals surface area (Å²) in [5, 5.41) is 10.7. The molecule has 0 spiro atoms. The molecule has 0 amide bonds. The Morgan fingerprint density at radius 3 is 2.16 bits per heavy atom. The molecule has 0 aromatic heterocycles. The smallest absolute Gasteiger partial charge is 0.269 e. The highest BCUT2D eigenvalue weighted by atomic mass is 32.2. The zero-order chi connectivity index (χ0) is 18.0. The van der Waals surface area contributed by atoms with Crippen molar-refractivity contribution < 1.29 is 18.2 Å². The first kappa shape index (κ1) is 18.3. The van der Waals surface area contributed by atoms with Crippen molar-refractivity contribution in [1.82, 2.24) is 4.31 Å². The monoisotopic (exact) mass is 368 g/mol. The number of hydrogen-bond acceptors (Lipinski definition) is 4. The molecule has 1 aromatic carbocycles. The van der Waals surface area contributed by atoms with Gasteiger partial charge in [0, 0.05) is 12.1 Å². The molecule has 0 bridgehead atoms. The Kier molecular flexibility index (Phi) is 5.41. The Morgan fingerprint density at radius 1 is 1.08 bits per heavy atom. The third-order valence-electron chi connectivity index (χ3n) is 5.64. The van der Waals surface area contributed by atoms with E-state index in [2.05, 4.69) is 6.92 Å². The summed E-state index contributed by atoms with van der Waals surface area (Å²) in [5.74, 6) is 0.819. The van der Waals surface area contributed by atoms with Gasteiger partial charge in [-0.05, 0) is 43.7 Å². The minimum atomic E-state index is -3.57. The van der Waals surface area contributed by atoms with Crippen LogP contribution in [0.1, 0.15) is 32.6 Å². The SMILES string of the molecule is CC1CCC([NH+]2CCN(S(=O)(=O)c3ccc([N+](=O)[O-])cc3)CC2)CC1. The fourth-order valence-electron chi connectivity index (χ4n) is 3.98. The van der Waals surface area contributed by atoms with Gasteiger partial charge in [0.15, 0.2) is 0 Å². The molecule has 0 atom stereocenters. The second-order valence-corrected chi connectivity index (χ2v) is 9.21. The van der Waals surface area contributed by atoms with Crippen molar-refractivity contribution in [1.29, 1.82) is 0 Å². The summed E-state index contributed by atoms with van der Waals surface area (Å²) in [6, 6.07) is 5.82. The summed E-state index contributed by atoms with van der Waals surface area (Å²) >= 11 is 0. The quantitative estimate of drug-likeness (QED) is 0.636. The summed E-state index contributed by atoms with van der Waals surface area (Å²) in [5.41, 5.74) is -0.0975. The van der Waals surface area contributed by atoms with Gasteiger partial charge >= 0.3 is 0 Å². The van der Waals surface area contributed by atoms with Crippen LogP contribution >= 0.6 is 0 Å². The highest BCUT2D eigenvalue weighted by Crippen LogP contribution is 2.23. The minimum absolute atomic E-state index is 0.0975. The highest BCUT2D eigenvalue weighted by Gasteiger charge is 2.34. The standard InChI is InChI=1S/C17H25N3O4S/c1-14-2-4-15(5-3-14)18-10-12-19(13-11-18)25(23,24)17-8-6-16(7-9-17)20(21)22/h6-9,14-15H,2-5,10-13H2,1H3/p+1. The summed E-state index contributed by atoms with van der Waals surface area (Å²) in [6.45, 7) is 5.01. The molecule has 1 aliphatic heterocycles. The summed E-state index contributed by atoms with van der Waals surface area (Å²) in [4.78, 5) is 11.9. The molecule has 25 heavy (non-hydrogen) atoms. The van der Waals surface area contributed by atoms with Crippen LogP contribution in [0.3, 0.4) is 0 Å². The van der Waals surface area contributed by atoms with E-state index >= 15 is 0 Å². The average Bonchev–Trinajstić information content (AvgIpc) is 2.62. The average molecular weight is 368 g/mol. The molecule has 3 rings (SSSR count). The predicted octanol–water partition coefficient (Wildman–Crippen LogP) is 1.06. The van der Waals surface area contributed by atoms with Crippen molar-refractivity contribution in [2.45, 2.75) is 43.5 Å². The molecule has 1 saturated carbocycles. The van der Waals surface area contributed by atoms with E-state index in [1.165, 1.54) is 59.2 Å². The molecule has 1 aliphatic carbocycles. The van der Waals surface area contributed by atoms with E-state index in [0.717, 1.165) is 19.0 Å². The third kappa shape index (κ3) is 4.02. The van der Waals surface area contributed by atoms with Crippen LogP contribution < -0.4 is 4.90 Å². The Hall–Kier alpha value is -1.51. The summed E-state index contributed by atoms with van der Waals surface area (Å²) in [7, 11) is -3.57. The number of nitro groups is 1. The van der Waals surface area contributed by atoms with Gasteiger partial charge in [-0.2, -0.15) is 4.31 Å². The zero-order valence-corrected chi connectivity index (χ0v) is 15.4. The van der Waals surface area contributed by atoms with E-state index in [4.69, 9.17) is 0 Å². The first-order valence-corrected chi connectivity index (χ1v) is 10.4. The van der Waals surface area contributed by atoms with Crippen molar-refractivity contribution in [2.75, 3.05) is 26.2 Å². The fourth-order valence-corrected chi connectivity index (χ4v) is 5.42. The van der Waals surface area contributed by atoms with Crippen molar-refractivity contribution in [2.24, 2.45) is 5.92 Å². The number of non-ortho nitro benzene ring substituents is 1. The van der Waals surface area contributed by atoms with Crippen molar-refractivity contribution in [3.8, 4) is 0 Å². The number of benzene rings is 1. The molecular formula is C17H26N3O4S+. The van der Waals surface area contributed by atoms with Gasteiger partial charge in [0.25, 0.3) is 5.69 Å². The first-order chi connectivity index (χ1) is 11.9. The lowest BCUT2D eigenvalue weighted by Crippen LogP contribution is -3.18. The van der Waals surface area contributed by atoms with E-state index in [-0.39, 0.29) is 10.6 Å². The lowest BCUT2D eigenvalue weighted by Gasteiger charge is -2.38. The molecule has 1 heterocycles. The van der Waals surface area contributed by atoms with Crippen molar-refractivity contribution >= 4 is 15.7 Å². The van der Waals surface area contributed by atoms with Gasteiger partial charge in [-0.1, -0.05) is 6.92 Å². The van der Waals surface area contributed by atoms with Gasteiger partial charge in [-0.25, -0.2) is 8.42 Å². The van der Waals surface area contributed by atoms with Gasteiger partial charge in [0.05, 0.1) is 42.0 Å². The van der Waals surface area contributed by atoms with Crippen LogP contribution in [0.5, 0.6) is 0 Å². The van der Waals surface area contributed by atoms with Gasteiger partial charge < -0.3 is 4.90 Å². The number of nitrogens with one attached hydrogen (secondary N) is 1. The predicted molar refractivity (Wildman–Crippen MR) is 94.0 cm³/mol. The van der Waals surface area contributed by atoms with Crippen LogP contribution in [0.2, 0.25) is 0 Å². The number of hydrogen-bond donors (Lipinski definition) is 1.